The lowest BCUT2D eigenvalue weighted by Gasteiger charge is -2.25. The average Bonchev–Trinajstić information content (AvgIpc) is 2.97. The second-order valence-electron chi connectivity index (χ2n) is 6.29. The summed E-state index contributed by atoms with van der Waals surface area (Å²) in [6, 6.07) is 7.92. The molecule has 1 aromatic carbocycles. The molecule has 2 atom stereocenters. The van der Waals surface area contributed by atoms with Crippen LogP contribution in [-0.2, 0) is 6.18 Å². The molecular weight excluding hydrogens is 331 g/mol. The minimum atomic E-state index is -4.36. The number of aromatic nitrogens is 1. The first-order valence-electron chi connectivity index (χ1n) is 7.99. The van der Waals surface area contributed by atoms with Crippen molar-refractivity contribution in [1.82, 2.24) is 9.88 Å². The number of amides is 2. The topological polar surface area (TPSA) is 45.2 Å². The number of halogens is 3. The van der Waals surface area contributed by atoms with E-state index in [0.717, 1.165) is 18.6 Å². The molecule has 1 fully saturated rings. The van der Waals surface area contributed by atoms with Gasteiger partial charge in [-0.2, -0.15) is 13.2 Å². The van der Waals surface area contributed by atoms with E-state index in [0.29, 0.717) is 17.8 Å². The Balaban J connectivity index is 1.78. The molecule has 4 nitrogen and oxygen atoms in total. The van der Waals surface area contributed by atoms with Gasteiger partial charge < -0.3 is 10.2 Å². The molecule has 0 saturated carbocycles. The van der Waals surface area contributed by atoms with Crippen molar-refractivity contribution >= 4 is 11.7 Å². The zero-order valence-electron chi connectivity index (χ0n) is 13.6. The first-order valence-corrected chi connectivity index (χ1v) is 7.99. The molecule has 7 heteroatoms. The lowest BCUT2D eigenvalue weighted by Crippen LogP contribution is -2.34. The van der Waals surface area contributed by atoms with Crippen LogP contribution in [0.1, 0.15) is 30.5 Å². The average molecular weight is 349 g/mol. The third-order valence-corrected chi connectivity index (χ3v) is 4.33. The summed E-state index contributed by atoms with van der Waals surface area (Å²) in [6.07, 6.45) is -0.486. The van der Waals surface area contributed by atoms with Crippen molar-refractivity contribution in [3.8, 4) is 0 Å². The zero-order valence-corrected chi connectivity index (χ0v) is 13.6. The smallest absolute Gasteiger partial charge is 0.317 e. The molecule has 1 N–H and O–H groups in total. The molecule has 1 saturated heterocycles. The minimum absolute atomic E-state index is 0.237. The standard InChI is InChI=1S/C18H18F3N3O/c1-12-10-16(13-2-4-14(5-3-13)18(19,20)21)24(11-12)17(25)23-15-6-8-22-9-7-15/h2-9,12,16H,10-11H2,1H3,(H,22,23,25). The number of anilines is 1. The molecule has 1 aliphatic rings. The summed E-state index contributed by atoms with van der Waals surface area (Å²) in [7, 11) is 0. The van der Waals surface area contributed by atoms with Crippen molar-refractivity contribution in [2.24, 2.45) is 5.92 Å². The molecule has 132 valence electrons. The Labute approximate surface area is 143 Å². The SMILES string of the molecule is CC1CC(c2ccc(C(F)(F)F)cc2)N(C(=O)Nc2ccncc2)C1. The fourth-order valence-electron chi connectivity index (χ4n) is 3.11. The number of benzene rings is 1. The number of hydrogen-bond acceptors (Lipinski definition) is 2. The molecule has 1 aliphatic heterocycles. The van der Waals surface area contributed by atoms with Crippen molar-refractivity contribution in [3.63, 3.8) is 0 Å². The van der Waals surface area contributed by atoms with E-state index < -0.39 is 11.7 Å². The minimum Gasteiger partial charge on any atom is -0.317 e. The van der Waals surface area contributed by atoms with E-state index in [2.05, 4.69) is 10.3 Å². The summed E-state index contributed by atoms with van der Waals surface area (Å²) < 4.78 is 38.2. The van der Waals surface area contributed by atoms with Crippen LogP contribution in [-0.4, -0.2) is 22.5 Å². The third kappa shape index (κ3) is 3.92. The summed E-state index contributed by atoms with van der Waals surface area (Å²) in [5.74, 6) is 0.274. The maximum atomic E-state index is 12.7. The van der Waals surface area contributed by atoms with E-state index in [1.54, 1.807) is 29.4 Å². The van der Waals surface area contributed by atoms with Gasteiger partial charge in [-0.25, -0.2) is 4.79 Å². The van der Waals surface area contributed by atoms with Gasteiger partial charge in [-0.1, -0.05) is 19.1 Å². The van der Waals surface area contributed by atoms with E-state index in [1.165, 1.54) is 12.1 Å². The van der Waals surface area contributed by atoms with Gasteiger partial charge in [0.25, 0.3) is 0 Å². The van der Waals surface area contributed by atoms with Crippen LogP contribution in [0.2, 0.25) is 0 Å². The largest absolute Gasteiger partial charge is 0.416 e. The quantitative estimate of drug-likeness (QED) is 0.853. The highest BCUT2D eigenvalue weighted by molar-refractivity contribution is 5.89. The summed E-state index contributed by atoms with van der Waals surface area (Å²) in [5.41, 5.74) is 0.656. The lowest BCUT2D eigenvalue weighted by molar-refractivity contribution is -0.137. The number of alkyl halides is 3. The Hall–Kier alpha value is -2.57. The maximum Gasteiger partial charge on any atom is 0.416 e. The van der Waals surface area contributed by atoms with Gasteiger partial charge in [-0.05, 0) is 42.2 Å². The molecule has 1 aromatic heterocycles. The number of carbonyl (C=O) groups excluding carboxylic acids is 1. The Morgan fingerprint density at radius 1 is 1.16 bits per heavy atom. The van der Waals surface area contributed by atoms with Crippen LogP contribution in [0.3, 0.4) is 0 Å². The zero-order chi connectivity index (χ0) is 18.0. The summed E-state index contributed by atoms with van der Waals surface area (Å²) in [5, 5.41) is 2.81. The number of rotatable bonds is 2. The molecular formula is C18H18F3N3O. The van der Waals surface area contributed by atoms with Gasteiger partial charge in [0.1, 0.15) is 0 Å². The van der Waals surface area contributed by atoms with Crippen LogP contribution in [0.4, 0.5) is 23.7 Å². The number of nitrogens with zero attached hydrogens (tertiary/aromatic N) is 2. The van der Waals surface area contributed by atoms with E-state index in [4.69, 9.17) is 0 Å². The van der Waals surface area contributed by atoms with Crippen molar-refractivity contribution in [2.45, 2.75) is 25.6 Å². The molecule has 0 aliphatic carbocycles. The summed E-state index contributed by atoms with van der Waals surface area (Å²) in [4.78, 5) is 18.2. The number of urea groups is 1. The van der Waals surface area contributed by atoms with Crippen LogP contribution in [0, 0.1) is 5.92 Å². The van der Waals surface area contributed by atoms with Gasteiger partial charge in [0.15, 0.2) is 0 Å². The number of likely N-dealkylation sites (tertiary alicyclic amines) is 1. The second kappa shape index (κ2) is 6.74. The number of hydrogen-bond donors (Lipinski definition) is 1. The van der Waals surface area contributed by atoms with E-state index >= 15 is 0 Å². The van der Waals surface area contributed by atoms with Crippen molar-refractivity contribution in [2.75, 3.05) is 11.9 Å². The molecule has 2 aromatic rings. The normalized spacial score (nSPS) is 20.6. The van der Waals surface area contributed by atoms with Crippen LogP contribution in [0.25, 0.3) is 0 Å². The lowest BCUT2D eigenvalue weighted by atomic mass is 10.00. The van der Waals surface area contributed by atoms with Gasteiger partial charge in [-0.3, -0.25) is 4.98 Å². The molecule has 2 unspecified atom stereocenters. The highest BCUT2D eigenvalue weighted by atomic mass is 19.4. The second-order valence-corrected chi connectivity index (χ2v) is 6.29. The van der Waals surface area contributed by atoms with E-state index in [9.17, 15) is 18.0 Å². The number of pyridine rings is 1. The Morgan fingerprint density at radius 3 is 2.40 bits per heavy atom. The molecule has 0 bridgehead atoms. The van der Waals surface area contributed by atoms with Gasteiger partial charge in [0.05, 0.1) is 11.6 Å². The van der Waals surface area contributed by atoms with Gasteiger partial charge in [-0.15, -0.1) is 0 Å². The first-order chi connectivity index (χ1) is 11.8. The Morgan fingerprint density at radius 2 is 1.80 bits per heavy atom. The third-order valence-electron chi connectivity index (χ3n) is 4.33. The number of carbonyl (C=O) groups is 1. The fourth-order valence-corrected chi connectivity index (χ4v) is 3.11. The highest BCUT2D eigenvalue weighted by Crippen LogP contribution is 2.37. The predicted octanol–water partition coefficient (Wildman–Crippen LogP) is 4.72. The van der Waals surface area contributed by atoms with Gasteiger partial charge in [0.2, 0.25) is 0 Å². The van der Waals surface area contributed by atoms with Gasteiger partial charge in [0, 0.05) is 24.6 Å². The first kappa shape index (κ1) is 17.3. The van der Waals surface area contributed by atoms with Crippen molar-refractivity contribution in [1.29, 1.82) is 0 Å². The maximum absolute atomic E-state index is 12.7. The fraction of sp³-hybridized carbons (Fsp3) is 0.333. The van der Waals surface area contributed by atoms with E-state index in [-0.39, 0.29) is 18.0 Å². The molecule has 0 spiro atoms. The highest BCUT2D eigenvalue weighted by Gasteiger charge is 2.35. The van der Waals surface area contributed by atoms with E-state index in [1.807, 2.05) is 6.92 Å². The van der Waals surface area contributed by atoms with Crippen LogP contribution >= 0.6 is 0 Å². The Bertz CT molecular complexity index is 731. The molecule has 2 heterocycles. The predicted molar refractivity (Wildman–Crippen MR) is 87.9 cm³/mol. The molecule has 3 rings (SSSR count). The molecule has 2 amide bonds. The van der Waals surface area contributed by atoms with Crippen LogP contribution in [0.15, 0.2) is 48.8 Å². The summed E-state index contributed by atoms with van der Waals surface area (Å²) in [6.45, 7) is 2.58. The Kier molecular flexibility index (Phi) is 4.65. The van der Waals surface area contributed by atoms with Crippen molar-refractivity contribution < 1.29 is 18.0 Å². The van der Waals surface area contributed by atoms with Crippen molar-refractivity contribution in [3.05, 3.63) is 59.9 Å². The monoisotopic (exact) mass is 349 g/mol. The van der Waals surface area contributed by atoms with Crippen LogP contribution in [0.5, 0.6) is 0 Å². The molecule has 0 radical (unpaired) electrons. The molecule has 25 heavy (non-hydrogen) atoms. The summed E-state index contributed by atoms with van der Waals surface area (Å²) >= 11 is 0. The number of nitrogens with one attached hydrogen (secondary N) is 1. The van der Waals surface area contributed by atoms with Crippen LogP contribution < -0.4 is 5.32 Å². The van der Waals surface area contributed by atoms with Gasteiger partial charge >= 0.3 is 12.2 Å².